The van der Waals surface area contributed by atoms with Gasteiger partial charge in [0.1, 0.15) is 23.3 Å². The van der Waals surface area contributed by atoms with Gasteiger partial charge in [0.15, 0.2) is 0 Å². The smallest absolute Gasteiger partial charge is 0.258 e. The Labute approximate surface area is 172 Å². The number of aromatic amines is 1. The van der Waals surface area contributed by atoms with E-state index >= 15 is 0 Å². The zero-order valence-electron chi connectivity index (χ0n) is 16.5. The summed E-state index contributed by atoms with van der Waals surface area (Å²) in [4.78, 5) is 28.7. The number of H-pyrrole nitrogens is 1. The highest BCUT2D eigenvalue weighted by Gasteiger charge is 2.33. The maximum atomic E-state index is 13.4. The molecule has 2 atom stereocenters. The van der Waals surface area contributed by atoms with Crippen molar-refractivity contribution in [2.75, 3.05) is 31.1 Å². The molecule has 1 N–H and O–H groups in total. The number of fused-ring (bicyclic) bond motifs is 1. The first-order valence-electron chi connectivity index (χ1n) is 10.4. The summed E-state index contributed by atoms with van der Waals surface area (Å²) >= 11 is 0. The maximum absolute atomic E-state index is 13.4. The van der Waals surface area contributed by atoms with Gasteiger partial charge in [0.25, 0.3) is 5.56 Å². The number of pyridine rings is 1. The third-order valence-electron chi connectivity index (χ3n) is 6.34. The summed E-state index contributed by atoms with van der Waals surface area (Å²) in [5, 5.41) is 0.291. The van der Waals surface area contributed by atoms with E-state index in [1.54, 1.807) is 12.1 Å². The molecule has 3 aromatic rings. The second kappa shape index (κ2) is 7.75. The number of halogens is 2. The van der Waals surface area contributed by atoms with Gasteiger partial charge in [-0.05, 0) is 49.6 Å². The number of aromatic nitrogens is 3. The Morgan fingerprint density at radius 1 is 1.00 bits per heavy atom. The molecule has 6 nitrogen and oxygen atoms in total. The molecule has 1 saturated carbocycles. The number of anilines is 1. The van der Waals surface area contributed by atoms with Crippen molar-refractivity contribution in [2.45, 2.75) is 31.2 Å². The molecule has 1 saturated heterocycles. The van der Waals surface area contributed by atoms with E-state index in [0.717, 1.165) is 51.3 Å². The average molecular weight is 411 g/mol. The number of nitrogens with zero attached hydrogens (tertiary/aromatic N) is 4. The Bertz CT molecular complexity index is 1110. The first-order valence-corrected chi connectivity index (χ1v) is 10.4. The number of hydrogen-bond acceptors (Lipinski definition) is 5. The number of benzene rings is 1. The Hall–Kier alpha value is -2.87. The Morgan fingerprint density at radius 3 is 2.57 bits per heavy atom. The van der Waals surface area contributed by atoms with Gasteiger partial charge in [0.2, 0.25) is 0 Å². The summed E-state index contributed by atoms with van der Waals surface area (Å²) in [5.74, 6) is 0.970. The summed E-state index contributed by atoms with van der Waals surface area (Å²) in [6.07, 6.45) is 4.24. The van der Waals surface area contributed by atoms with Gasteiger partial charge in [0, 0.05) is 38.1 Å². The van der Waals surface area contributed by atoms with Gasteiger partial charge in [-0.15, -0.1) is 0 Å². The largest absolute Gasteiger partial charge is 0.354 e. The molecule has 3 heterocycles. The molecule has 30 heavy (non-hydrogen) atoms. The Balaban J connectivity index is 1.24. The lowest BCUT2D eigenvalue weighted by molar-refractivity contribution is 0.185. The molecule has 1 aromatic carbocycles. The van der Waals surface area contributed by atoms with Crippen LogP contribution in [0.5, 0.6) is 0 Å². The SMILES string of the molecule is O=c1[nH]c(C2CCC(N3CCN(c4ccc(F)cn4)CC3)C2)nc2ccc(F)cc12. The monoisotopic (exact) mass is 411 g/mol. The van der Waals surface area contributed by atoms with Crippen LogP contribution in [0.1, 0.15) is 31.0 Å². The minimum absolute atomic E-state index is 0.203. The van der Waals surface area contributed by atoms with Crippen LogP contribution in [0.3, 0.4) is 0 Å². The van der Waals surface area contributed by atoms with Gasteiger partial charge in [-0.3, -0.25) is 9.69 Å². The first-order chi connectivity index (χ1) is 14.6. The van der Waals surface area contributed by atoms with E-state index in [2.05, 4.69) is 24.8 Å². The van der Waals surface area contributed by atoms with Crippen LogP contribution in [0, 0.1) is 11.6 Å². The molecule has 2 aliphatic rings. The van der Waals surface area contributed by atoms with Crippen molar-refractivity contribution in [3.05, 3.63) is 64.3 Å². The van der Waals surface area contributed by atoms with Crippen molar-refractivity contribution >= 4 is 16.7 Å². The van der Waals surface area contributed by atoms with E-state index < -0.39 is 5.82 Å². The van der Waals surface area contributed by atoms with Crippen LogP contribution in [0.15, 0.2) is 41.3 Å². The first kappa shape index (κ1) is 19.1. The highest BCUT2D eigenvalue weighted by molar-refractivity contribution is 5.77. The normalized spacial score (nSPS) is 22.7. The molecule has 8 heteroatoms. The zero-order chi connectivity index (χ0) is 20.7. The minimum Gasteiger partial charge on any atom is -0.354 e. The fourth-order valence-corrected chi connectivity index (χ4v) is 4.73. The Kier molecular flexibility index (Phi) is 4.94. The van der Waals surface area contributed by atoms with Crippen LogP contribution in [0.2, 0.25) is 0 Å². The van der Waals surface area contributed by atoms with E-state index in [1.165, 1.54) is 24.4 Å². The summed E-state index contributed by atoms with van der Waals surface area (Å²) in [5.41, 5.74) is 0.261. The third-order valence-corrected chi connectivity index (χ3v) is 6.34. The fraction of sp³-hybridized carbons (Fsp3) is 0.409. The summed E-state index contributed by atoms with van der Waals surface area (Å²) in [6, 6.07) is 7.76. The zero-order valence-corrected chi connectivity index (χ0v) is 16.5. The number of rotatable bonds is 3. The molecule has 0 amide bonds. The Morgan fingerprint density at radius 2 is 1.80 bits per heavy atom. The molecule has 2 unspecified atom stereocenters. The van der Waals surface area contributed by atoms with E-state index in [-0.39, 0.29) is 17.3 Å². The molecule has 2 fully saturated rings. The highest BCUT2D eigenvalue weighted by Crippen LogP contribution is 2.36. The van der Waals surface area contributed by atoms with Crippen molar-refractivity contribution < 1.29 is 8.78 Å². The second-order valence-corrected chi connectivity index (χ2v) is 8.13. The predicted octanol–water partition coefficient (Wildman–Crippen LogP) is 3.05. The molecule has 1 aliphatic carbocycles. The van der Waals surface area contributed by atoms with Gasteiger partial charge in [-0.2, -0.15) is 0 Å². The molecule has 1 aliphatic heterocycles. The van der Waals surface area contributed by atoms with Crippen molar-refractivity contribution in [1.82, 2.24) is 19.9 Å². The van der Waals surface area contributed by atoms with Crippen LogP contribution >= 0.6 is 0 Å². The van der Waals surface area contributed by atoms with Crippen molar-refractivity contribution in [1.29, 1.82) is 0 Å². The van der Waals surface area contributed by atoms with Crippen molar-refractivity contribution in [3.8, 4) is 0 Å². The minimum atomic E-state index is -0.432. The van der Waals surface area contributed by atoms with Crippen molar-refractivity contribution in [2.24, 2.45) is 0 Å². The van der Waals surface area contributed by atoms with Crippen LogP contribution in [0.25, 0.3) is 10.9 Å². The second-order valence-electron chi connectivity index (χ2n) is 8.13. The third kappa shape index (κ3) is 3.67. The van der Waals surface area contributed by atoms with Crippen LogP contribution < -0.4 is 10.5 Å². The van der Waals surface area contributed by atoms with Gasteiger partial charge < -0.3 is 9.88 Å². The molecular weight excluding hydrogens is 388 g/mol. The molecule has 5 rings (SSSR count). The van der Waals surface area contributed by atoms with Gasteiger partial charge in [0.05, 0.1) is 17.1 Å². The topological polar surface area (TPSA) is 65.1 Å². The van der Waals surface area contributed by atoms with Crippen molar-refractivity contribution in [3.63, 3.8) is 0 Å². The van der Waals surface area contributed by atoms with Gasteiger partial charge in [-0.1, -0.05) is 0 Å². The van der Waals surface area contributed by atoms with Crippen LogP contribution in [-0.2, 0) is 0 Å². The maximum Gasteiger partial charge on any atom is 0.258 e. The summed E-state index contributed by atoms with van der Waals surface area (Å²) in [6.45, 7) is 3.57. The van der Waals surface area contributed by atoms with E-state index in [1.807, 2.05) is 0 Å². The summed E-state index contributed by atoms with van der Waals surface area (Å²) < 4.78 is 26.5. The van der Waals surface area contributed by atoms with E-state index in [9.17, 15) is 13.6 Å². The summed E-state index contributed by atoms with van der Waals surface area (Å²) in [7, 11) is 0. The fourth-order valence-electron chi connectivity index (χ4n) is 4.73. The lowest BCUT2D eigenvalue weighted by Crippen LogP contribution is -2.50. The van der Waals surface area contributed by atoms with E-state index in [0.29, 0.717) is 22.8 Å². The lowest BCUT2D eigenvalue weighted by atomic mass is 10.1. The van der Waals surface area contributed by atoms with E-state index in [4.69, 9.17) is 0 Å². The highest BCUT2D eigenvalue weighted by atomic mass is 19.1. The standard InChI is InChI=1S/C22H23F2N5O/c23-15-2-5-19-18(12-15)22(30)27-21(26-19)14-1-4-17(11-14)28-7-9-29(10-8-28)20-6-3-16(24)13-25-20/h2-3,5-6,12-14,17H,1,4,7-11H2,(H,26,27,30). The number of piperazine rings is 1. The van der Waals surface area contributed by atoms with Gasteiger partial charge in [-0.25, -0.2) is 18.7 Å². The predicted molar refractivity (Wildman–Crippen MR) is 111 cm³/mol. The number of nitrogens with one attached hydrogen (secondary N) is 1. The quantitative estimate of drug-likeness (QED) is 0.718. The lowest BCUT2D eigenvalue weighted by Gasteiger charge is -2.38. The van der Waals surface area contributed by atoms with Gasteiger partial charge >= 0.3 is 0 Å². The van der Waals surface area contributed by atoms with Crippen LogP contribution in [-0.4, -0.2) is 52.1 Å². The molecule has 2 aromatic heterocycles. The molecule has 0 radical (unpaired) electrons. The molecule has 0 spiro atoms. The molecule has 0 bridgehead atoms. The average Bonchev–Trinajstić information content (AvgIpc) is 3.25. The van der Waals surface area contributed by atoms with Crippen LogP contribution in [0.4, 0.5) is 14.6 Å². The molecular formula is C22H23F2N5O. The number of hydrogen-bond donors (Lipinski definition) is 1. The molecule has 156 valence electrons.